The summed E-state index contributed by atoms with van der Waals surface area (Å²) in [6.45, 7) is 0. The number of carbonyl (C=O) groups is 1. The number of allylic oxidation sites excluding steroid dienone is 2. The molecule has 2 N–H and O–H groups in total. The van der Waals surface area contributed by atoms with E-state index in [9.17, 15) is 4.79 Å². The number of hydrogen-bond acceptors (Lipinski definition) is 2. The molecule has 1 aliphatic heterocycles. The van der Waals surface area contributed by atoms with Crippen LogP contribution in [-0.4, -0.2) is 17.7 Å². The molecule has 3 rings (SSSR count). The van der Waals surface area contributed by atoms with Crippen LogP contribution in [0.25, 0.3) is 5.57 Å². The van der Waals surface area contributed by atoms with Crippen molar-refractivity contribution in [3.05, 3.63) is 53.6 Å². The third kappa shape index (κ3) is 1.26. The van der Waals surface area contributed by atoms with Gasteiger partial charge in [-0.2, -0.15) is 0 Å². The van der Waals surface area contributed by atoms with Crippen molar-refractivity contribution in [3.63, 3.8) is 0 Å². The highest BCUT2D eigenvalue weighted by atomic mass is 16.1. The molecule has 2 aliphatic rings. The fourth-order valence-corrected chi connectivity index (χ4v) is 2.02. The molecule has 0 radical (unpaired) electrons. The second-order valence-corrected chi connectivity index (χ2v) is 3.86. The minimum atomic E-state index is -0.178. The quantitative estimate of drug-likeness (QED) is 0.706. The van der Waals surface area contributed by atoms with Crippen molar-refractivity contribution in [1.29, 1.82) is 0 Å². The van der Waals surface area contributed by atoms with E-state index >= 15 is 0 Å². The second-order valence-electron chi connectivity index (χ2n) is 3.86. The largest absolute Gasteiger partial charge is 0.321 e. The number of carbonyl (C=O) groups excluding carboxylic acids is 1. The van der Waals surface area contributed by atoms with E-state index in [0.717, 1.165) is 11.1 Å². The molecule has 0 bridgehead atoms. The predicted octanol–water partition coefficient (Wildman–Crippen LogP) is 1.56. The third-order valence-corrected chi connectivity index (χ3v) is 2.78. The normalized spacial score (nSPS) is 22.1. The lowest BCUT2D eigenvalue weighted by Gasteiger charge is -2.20. The Kier molecular flexibility index (Phi) is 1.88. The summed E-state index contributed by atoms with van der Waals surface area (Å²) in [4.78, 5) is 15.8. The smallest absolute Gasteiger partial charge is 0.278 e. The average Bonchev–Trinajstić information content (AvgIpc) is 2.31. The first-order chi connectivity index (χ1) is 7.75. The van der Waals surface area contributed by atoms with Crippen molar-refractivity contribution in [2.24, 2.45) is 10.7 Å². The minimum absolute atomic E-state index is 0.102. The summed E-state index contributed by atoms with van der Waals surface area (Å²) < 4.78 is 0. The molecule has 0 saturated carbocycles. The summed E-state index contributed by atoms with van der Waals surface area (Å²) in [6, 6.07) is 7.38. The molecular weight excluding hydrogens is 200 g/mol. The summed E-state index contributed by atoms with van der Waals surface area (Å²) in [5, 5.41) is 0. The zero-order valence-corrected chi connectivity index (χ0v) is 8.55. The van der Waals surface area contributed by atoms with Gasteiger partial charge in [0.2, 0.25) is 0 Å². The highest BCUT2D eigenvalue weighted by Crippen LogP contribution is 2.28. The Bertz CT molecular complexity index is 567. The molecule has 78 valence electrons. The maximum absolute atomic E-state index is 11.7. The van der Waals surface area contributed by atoms with Crippen LogP contribution in [0.2, 0.25) is 0 Å². The molecule has 1 aliphatic carbocycles. The van der Waals surface area contributed by atoms with E-state index in [2.05, 4.69) is 4.99 Å². The van der Waals surface area contributed by atoms with Crippen LogP contribution < -0.4 is 5.73 Å². The van der Waals surface area contributed by atoms with E-state index in [1.807, 2.05) is 36.4 Å². The molecule has 1 heterocycles. The van der Waals surface area contributed by atoms with Gasteiger partial charge < -0.3 is 5.73 Å². The number of nitrogens with two attached hydrogens (primary N) is 1. The minimum Gasteiger partial charge on any atom is -0.321 e. The fourth-order valence-electron chi connectivity index (χ4n) is 2.02. The number of rotatable bonds is 0. The Morgan fingerprint density at radius 1 is 1.19 bits per heavy atom. The predicted molar refractivity (Wildman–Crippen MR) is 63.3 cm³/mol. The van der Waals surface area contributed by atoms with Gasteiger partial charge in [0.05, 0.1) is 5.71 Å². The molecule has 0 spiro atoms. The Morgan fingerprint density at radius 3 is 2.75 bits per heavy atom. The van der Waals surface area contributed by atoms with Crippen LogP contribution in [0.5, 0.6) is 0 Å². The van der Waals surface area contributed by atoms with Crippen LogP contribution in [-0.2, 0) is 0 Å². The SMILES string of the molecule is NC1C=CC2=NC(=O)c3ccccc3C2=C1. The molecule has 16 heavy (non-hydrogen) atoms. The van der Waals surface area contributed by atoms with Crippen LogP contribution in [0.1, 0.15) is 15.9 Å². The van der Waals surface area contributed by atoms with Gasteiger partial charge in [-0.25, -0.2) is 4.99 Å². The monoisotopic (exact) mass is 210 g/mol. The lowest BCUT2D eigenvalue weighted by Crippen LogP contribution is -2.23. The van der Waals surface area contributed by atoms with E-state index in [-0.39, 0.29) is 11.9 Å². The summed E-state index contributed by atoms with van der Waals surface area (Å²) >= 11 is 0. The maximum atomic E-state index is 11.7. The van der Waals surface area contributed by atoms with Gasteiger partial charge in [0.25, 0.3) is 5.91 Å². The van der Waals surface area contributed by atoms with E-state index in [0.29, 0.717) is 11.3 Å². The van der Waals surface area contributed by atoms with E-state index in [4.69, 9.17) is 5.73 Å². The van der Waals surface area contributed by atoms with Crippen molar-refractivity contribution in [2.75, 3.05) is 0 Å². The molecule has 1 aromatic carbocycles. The first-order valence-corrected chi connectivity index (χ1v) is 5.14. The third-order valence-electron chi connectivity index (χ3n) is 2.78. The summed E-state index contributed by atoms with van der Waals surface area (Å²) in [6.07, 6.45) is 5.58. The summed E-state index contributed by atoms with van der Waals surface area (Å²) in [7, 11) is 0. The standard InChI is InChI=1S/C13H10N2O/c14-8-5-6-12-11(7-8)9-3-1-2-4-10(9)13(16)15-12/h1-8H,14H2. The fraction of sp³-hybridized carbons (Fsp3) is 0.0769. The van der Waals surface area contributed by atoms with Crippen molar-refractivity contribution in [1.82, 2.24) is 0 Å². The van der Waals surface area contributed by atoms with Crippen molar-refractivity contribution in [3.8, 4) is 0 Å². The first kappa shape index (κ1) is 9.24. The zero-order valence-electron chi connectivity index (χ0n) is 8.55. The van der Waals surface area contributed by atoms with Crippen LogP contribution in [0, 0.1) is 0 Å². The number of hydrogen-bond donors (Lipinski definition) is 1. The average molecular weight is 210 g/mol. The number of fused-ring (bicyclic) bond motifs is 3. The van der Waals surface area contributed by atoms with Crippen molar-refractivity contribution >= 4 is 17.2 Å². The van der Waals surface area contributed by atoms with Gasteiger partial charge in [-0.15, -0.1) is 0 Å². The topological polar surface area (TPSA) is 55.4 Å². The molecule has 1 unspecified atom stereocenters. The number of amides is 1. The lowest BCUT2D eigenvalue weighted by atomic mass is 9.88. The van der Waals surface area contributed by atoms with Gasteiger partial charge in [-0.3, -0.25) is 4.79 Å². The Labute approximate surface area is 93.0 Å². The van der Waals surface area contributed by atoms with Gasteiger partial charge in [-0.05, 0) is 17.7 Å². The molecule has 1 atom stereocenters. The second kappa shape index (κ2) is 3.25. The van der Waals surface area contributed by atoms with Gasteiger partial charge >= 0.3 is 0 Å². The van der Waals surface area contributed by atoms with Gasteiger partial charge in [0.15, 0.2) is 0 Å². The van der Waals surface area contributed by atoms with Crippen LogP contribution in [0.3, 0.4) is 0 Å². The Hall–Kier alpha value is -2.00. The molecule has 1 aromatic rings. The van der Waals surface area contributed by atoms with E-state index < -0.39 is 0 Å². The molecule has 0 fully saturated rings. The van der Waals surface area contributed by atoms with Gasteiger partial charge in [-0.1, -0.05) is 30.4 Å². The lowest BCUT2D eigenvalue weighted by molar-refractivity contribution is 0.100. The van der Waals surface area contributed by atoms with Crippen molar-refractivity contribution < 1.29 is 4.79 Å². The van der Waals surface area contributed by atoms with Crippen LogP contribution >= 0.6 is 0 Å². The summed E-state index contributed by atoms with van der Waals surface area (Å²) in [5.41, 5.74) is 9.09. The van der Waals surface area contributed by atoms with Crippen LogP contribution in [0.15, 0.2) is 47.5 Å². The molecule has 3 heteroatoms. The highest BCUT2D eigenvalue weighted by molar-refractivity contribution is 6.36. The van der Waals surface area contributed by atoms with E-state index in [1.54, 1.807) is 6.07 Å². The molecule has 3 nitrogen and oxygen atoms in total. The van der Waals surface area contributed by atoms with Gasteiger partial charge in [0.1, 0.15) is 0 Å². The zero-order chi connectivity index (χ0) is 11.1. The van der Waals surface area contributed by atoms with E-state index in [1.165, 1.54) is 0 Å². The Balaban J connectivity index is 2.26. The number of nitrogens with zero attached hydrogens (tertiary/aromatic N) is 1. The first-order valence-electron chi connectivity index (χ1n) is 5.14. The highest BCUT2D eigenvalue weighted by Gasteiger charge is 2.24. The Morgan fingerprint density at radius 2 is 1.94 bits per heavy atom. The molecule has 1 amide bonds. The molecule has 0 aromatic heterocycles. The molecular formula is C13H10N2O. The molecule has 0 saturated heterocycles. The number of benzene rings is 1. The maximum Gasteiger partial charge on any atom is 0.278 e. The summed E-state index contributed by atoms with van der Waals surface area (Å²) in [5.74, 6) is -0.178. The van der Waals surface area contributed by atoms with Crippen LogP contribution in [0.4, 0.5) is 0 Å². The van der Waals surface area contributed by atoms with Crippen molar-refractivity contribution in [2.45, 2.75) is 6.04 Å². The number of aliphatic imine (C=N–C) groups is 1. The van der Waals surface area contributed by atoms with Gasteiger partial charge in [0, 0.05) is 17.2 Å².